The Kier molecular flexibility index (Phi) is 6.38. The van der Waals surface area contributed by atoms with E-state index in [0.29, 0.717) is 24.3 Å². The number of anilines is 1. The molecule has 0 aliphatic carbocycles. The molecule has 28 heavy (non-hydrogen) atoms. The van der Waals surface area contributed by atoms with Gasteiger partial charge in [0.25, 0.3) is 5.91 Å². The quantitative estimate of drug-likeness (QED) is 0.553. The average molecular weight is 374 g/mol. The van der Waals surface area contributed by atoms with Gasteiger partial charge < -0.3 is 11.1 Å². The van der Waals surface area contributed by atoms with Crippen LogP contribution in [0.2, 0.25) is 0 Å². The predicted molar refractivity (Wildman–Crippen MR) is 109 cm³/mol. The van der Waals surface area contributed by atoms with Gasteiger partial charge in [-0.1, -0.05) is 66.7 Å². The fourth-order valence-corrected chi connectivity index (χ4v) is 2.83. The van der Waals surface area contributed by atoms with Crippen LogP contribution in [-0.4, -0.2) is 16.9 Å². The van der Waals surface area contributed by atoms with Crippen molar-refractivity contribution in [1.82, 2.24) is 10.4 Å². The number of primary amides is 1. The summed E-state index contributed by atoms with van der Waals surface area (Å²) >= 11 is 0. The maximum atomic E-state index is 12.8. The van der Waals surface area contributed by atoms with E-state index in [1.807, 2.05) is 65.7 Å². The zero-order chi connectivity index (χ0) is 19.8. The molecule has 3 amide bonds. The van der Waals surface area contributed by atoms with Crippen molar-refractivity contribution in [3.8, 4) is 0 Å². The summed E-state index contributed by atoms with van der Waals surface area (Å²) in [4.78, 5) is 23.8. The highest BCUT2D eigenvalue weighted by Gasteiger charge is 2.13. The second-order valence-electron chi connectivity index (χ2n) is 6.34. The van der Waals surface area contributed by atoms with Gasteiger partial charge in [0, 0.05) is 24.3 Å². The Bertz CT molecular complexity index is 888. The second-order valence-corrected chi connectivity index (χ2v) is 6.34. The third-order valence-corrected chi connectivity index (χ3v) is 4.08. The predicted octanol–water partition coefficient (Wildman–Crippen LogP) is 3.52. The zero-order valence-electron chi connectivity index (χ0n) is 15.3. The lowest BCUT2D eigenvalue weighted by molar-refractivity contribution is 0.0759. The standard InChI is InChI=1S/C22H22N4O2/c23-22(28)24-20-13-7-12-19(14-20)21(27)25-26(15-17-8-3-1-4-9-17)16-18-10-5-2-6-11-18/h1-14H,15-16H2,(H,25,27)(H3,23,24,28). The first-order valence-electron chi connectivity index (χ1n) is 8.90. The normalized spacial score (nSPS) is 10.5. The van der Waals surface area contributed by atoms with Crippen LogP contribution in [0.1, 0.15) is 21.5 Å². The molecule has 0 saturated heterocycles. The Labute approximate surface area is 163 Å². The number of carbonyl (C=O) groups is 2. The molecule has 0 aliphatic heterocycles. The van der Waals surface area contributed by atoms with Crippen LogP contribution in [0.4, 0.5) is 10.5 Å². The lowest BCUT2D eigenvalue weighted by Gasteiger charge is -2.23. The molecule has 3 rings (SSSR count). The third kappa shape index (κ3) is 5.69. The van der Waals surface area contributed by atoms with Gasteiger partial charge in [0.1, 0.15) is 0 Å². The monoisotopic (exact) mass is 374 g/mol. The van der Waals surface area contributed by atoms with Crippen LogP contribution in [0, 0.1) is 0 Å². The number of carbonyl (C=O) groups excluding carboxylic acids is 2. The maximum Gasteiger partial charge on any atom is 0.316 e. The van der Waals surface area contributed by atoms with E-state index < -0.39 is 6.03 Å². The van der Waals surface area contributed by atoms with Gasteiger partial charge >= 0.3 is 6.03 Å². The number of hydrazine groups is 1. The smallest absolute Gasteiger partial charge is 0.316 e. The summed E-state index contributed by atoms with van der Waals surface area (Å²) in [6, 6.07) is 25.8. The molecule has 3 aromatic carbocycles. The summed E-state index contributed by atoms with van der Waals surface area (Å²) in [6.07, 6.45) is 0. The van der Waals surface area contributed by atoms with Crippen LogP contribution in [0.3, 0.4) is 0 Å². The molecule has 0 bridgehead atoms. The Morgan fingerprint density at radius 3 is 1.89 bits per heavy atom. The first-order chi connectivity index (χ1) is 13.6. The molecule has 142 valence electrons. The van der Waals surface area contributed by atoms with E-state index in [1.54, 1.807) is 24.3 Å². The summed E-state index contributed by atoms with van der Waals surface area (Å²) in [7, 11) is 0. The Morgan fingerprint density at radius 2 is 1.36 bits per heavy atom. The Morgan fingerprint density at radius 1 is 0.786 bits per heavy atom. The number of amides is 3. The van der Waals surface area contributed by atoms with Gasteiger partial charge in [0.2, 0.25) is 0 Å². The second kappa shape index (κ2) is 9.34. The number of benzene rings is 3. The molecule has 0 atom stereocenters. The number of nitrogens with two attached hydrogens (primary N) is 1. The molecular weight excluding hydrogens is 352 g/mol. The summed E-state index contributed by atoms with van der Waals surface area (Å²) in [5.41, 5.74) is 11.2. The van der Waals surface area contributed by atoms with Crippen LogP contribution in [0.15, 0.2) is 84.9 Å². The van der Waals surface area contributed by atoms with Crippen molar-refractivity contribution in [2.24, 2.45) is 5.73 Å². The fraction of sp³-hybridized carbons (Fsp3) is 0.0909. The summed E-state index contributed by atoms with van der Waals surface area (Å²) in [6.45, 7) is 1.11. The number of urea groups is 1. The van der Waals surface area contributed by atoms with Crippen molar-refractivity contribution >= 4 is 17.6 Å². The first kappa shape index (κ1) is 19.1. The average Bonchev–Trinajstić information content (AvgIpc) is 2.69. The molecule has 0 aromatic heterocycles. The van der Waals surface area contributed by atoms with E-state index in [1.165, 1.54) is 0 Å². The van der Waals surface area contributed by atoms with Crippen molar-refractivity contribution < 1.29 is 9.59 Å². The fourth-order valence-electron chi connectivity index (χ4n) is 2.83. The van der Waals surface area contributed by atoms with E-state index in [9.17, 15) is 9.59 Å². The maximum absolute atomic E-state index is 12.8. The van der Waals surface area contributed by atoms with Crippen molar-refractivity contribution in [2.45, 2.75) is 13.1 Å². The van der Waals surface area contributed by atoms with Crippen molar-refractivity contribution in [3.63, 3.8) is 0 Å². The molecule has 0 spiro atoms. The highest BCUT2D eigenvalue weighted by molar-refractivity contribution is 5.96. The zero-order valence-corrected chi connectivity index (χ0v) is 15.3. The number of nitrogens with zero attached hydrogens (tertiary/aromatic N) is 1. The summed E-state index contributed by atoms with van der Waals surface area (Å²) < 4.78 is 0. The van der Waals surface area contributed by atoms with Crippen LogP contribution in [-0.2, 0) is 13.1 Å². The molecule has 4 N–H and O–H groups in total. The minimum absolute atomic E-state index is 0.264. The number of rotatable bonds is 7. The lowest BCUT2D eigenvalue weighted by Crippen LogP contribution is -2.41. The van der Waals surface area contributed by atoms with E-state index >= 15 is 0 Å². The summed E-state index contributed by atoms with van der Waals surface area (Å²) in [5, 5.41) is 4.34. The van der Waals surface area contributed by atoms with Crippen LogP contribution >= 0.6 is 0 Å². The number of hydrogen-bond donors (Lipinski definition) is 3. The molecule has 0 aliphatic rings. The van der Waals surface area contributed by atoms with Gasteiger partial charge in [-0.3, -0.25) is 10.2 Å². The molecule has 0 radical (unpaired) electrons. The van der Waals surface area contributed by atoms with Gasteiger partial charge in [-0.15, -0.1) is 0 Å². The molecule has 0 unspecified atom stereocenters. The molecular formula is C22H22N4O2. The van der Waals surface area contributed by atoms with Gasteiger partial charge in [-0.25, -0.2) is 9.80 Å². The van der Waals surface area contributed by atoms with Gasteiger partial charge in [-0.2, -0.15) is 0 Å². The number of hydrogen-bond acceptors (Lipinski definition) is 3. The van der Waals surface area contributed by atoms with Crippen molar-refractivity contribution in [1.29, 1.82) is 0 Å². The van der Waals surface area contributed by atoms with Crippen molar-refractivity contribution in [3.05, 3.63) is 102 Å². The van der Waals surface area contributed by atoms with E-state index in [2.05, 4.69) is 10.7 Å². The SMILES string of the molecule is NC(=O)Nc1cccc(C(=O)NN(Cc2ccccc2)Cc2ccccc2)c1. The van der Waals surface area contributed by atoms with E-state index in [-0.39, 0.29) is 5.91 Å². The van der Waals surface area contributed by atoms with Gasteiger partial charge in [0.15, 0.2) is 0 Å². The van der Waals surface area contributed by atoms with E-state index in [0.717, 1.165) is 11.1 Å². The molecule has 3 aromatic rings. The number of nitrogens with one attached hydrogen (secondary N) is 2. The topological polar surface area (TPSA) is 87.5 Å². The molecule has 0 fully saturated rings. The molecule has 6 nitrogen and oxygen atoms in total. The molecule has 6 heteroatoms. The van der Waals surface area contributed by atoms with Crippen molar-refractivity contribution in [2.75, 3.05) is 5.32 Å². The minimum atomic E-state index is -0.674. The molecule has 0 heterocycles. The van der Waals surface area contributed by atoms with Crippen LogP contribution in [0.5, 0.6) is 0 Å². The largest absolute Gasteiger partial charge is 0.351 e. The van der Waals surface area contributed by atoms with Crippen LogP contribution in [0.25, 0.3) is 0 Å². The third-order valence-electron chi connectivity index (χ3n) is 4.08. The first-order valence-corrected chi connectivity index (χ1v) is 8.90. The van der Waals surface area contributed by atoms with Gasteiger partial charge in [-0.05, 0) is 29.3 Å². The molecule has 0 saturated carbocycles. The Hall–Kier alpha value is -3.64. The summed E-state index contributed by atoms with van der Waals surface area (Å²) in [5.74, 6) is -0.264. The Balaban J connectivity index is 1.76. The van der Waals surface area contributed by atoms with Crippen LogP contribution < -0.4 is 16.5 Å². The lowest BCUT2D eigenvalue weighted by atomic mass is 10.2. The minimum Gasteiger partial charge on any atom is -0.351 e. The highest BCUT2D eigenvalue weighted by atomic mass is 16.2. The van der Waals surface area contributed by atoms with E-state index in [4.69, 9.17) is 5.73 Å². The van der Waals surface area contributed by atoms with Gasteiger partial charge in [0.05, 0.1) is 0 Å². The highest BCUT2D eigenvalue weighted by Crippen LogP contribution is 2.12.